The molecule has 62 valence electrons. The molecule has 0 radical (unpaired) electrons. The van der Waals surface area contributed by atoms with Crippen LogP contribution in [-0.2, 0) is 9.62 Å². The van der Waals surface area contributed by atoms with Gasteiger partial charge in [-0.1, -0.05) is 0 Å². The molecule has 0 aliphatic rings. The second kappa shape index (κ2) is 8.80. The molecule has 0 fully saturated rings. The van der Waals surface area contributed by atoms with Gasteiger partial charge in [0.05, 0.1) is 19.9 Å². The molecule has 0 spiro atoms. The first kappa shape index (κ1) is 9.80. The van der Waals surface area contributed by atoms with E-state index in [1.165, 1.54) is 0 Å². The molecule has 0 saturated carbocycles. The summed E-state index contributed by atoms with van der Waals surface area (Å²) in [6.45, 7) is 1.61. The zero-order chi connectivity index (χ0) is 7.66. The molecule has 0 aliphatic carbocycles. The smallest absolute Gasteiger partial charge is 0.105 e. The second-order valence-corrected chi connectivity index (χ2v) is 1.60. The standard InChI is InChI=1S/C5H13NO4/c7-5-6-1-2-9-3-4-10-8/h6-8H,1-5H2. The van der Waals surface area contributed by atoms with Crippen LogP contribution in [0.25, 0.3) is 0 Å². The Morgan fingerprint density at radius 2 is 2.00 bits per heavy atom. The van der Waals surface area contributed by atoms with E-state index in [0.717, 1.165) is 0 Å². The number of ether oxygens (including phenoxy) is 1. The summed E-state index contributed by atoms with van der Waals surface area (Å²) in [6, 6.07) is 0. The molecule has 5 heteroatoms. The van der Waals surface area contributed by atoms with Crippen LogP contribution in [0.15, 0.2) is 0 Å². The fourth-order valence-electron chi connectivity index (χ4n) is 0.422. The zero-order valence-corrected chi connectivity index (χ0v) is 5.75. The molecule has 0 heterocycles. The third-order valence-electron chi connectivity index (χ3n) is 0.854. The molecule has 0 amide bonds. The summed E-state index contributed by atoms with van der Waals surface area (Å²) in [5.41, 5.74) is 0. The Morgan fingerprint density at radius 1 is 1.20 bits per heavy atom. The highest BCUT2D eigenvalue weighted by molar-refractivity contribution is 4.36. The van der Waals surface area contributed by atoms with Gasteiger partial charge in [0.25, 0.3) is 0 Å². The van der Waals surface area contributed by atoms with Gasteiger partial charge in [0.1, 0.15) is 6.61 Å². The van der Waals surface area contributed by atoms with Crippen molar-refractivity contribution in [1.82, 2.24) is 5.32 Å². The summed E-state index contributed by atoms with van der Waals surface area (Å²) in [7, 11) is 0. The van der Waals surface area contributed by atoms with Crippen LogP contribution in [0.2, 0.25) is 0 Å². The summed E-state index contributed by atoms with van der Waals surface area (Å²) in [6.07, 6.45) is 0. The lowest BCUT2D eigenvalue weighted by atomic mass is 10.7. The lowest BCUT2D eigenvalue weighted by molar-refractivity contribution is -0.249. The first-order chi connectivity index (χ1) is 4.91. The molecule has 0 atom stereocenters. The van der Waals surface area contributed by atoms with Gasteiger partial charge in [-0.3, -0.25) is 10.6 Å². The summed E-state index contributed by atoms with van der Waals surface area (Å²) in [5, 5.41) is 18.7. The molecule has 10 heavy (non-hydrogen) atoms. The fourth-order valence-corrected chi connectivity index (χ4v) is 0.422. The molecule has 0 aliphatic heterocycles. The Bertz CT molecular complexity index is 53.6. The molecule has 0 unspecified atom stereocenters. The highest BCUT2D eigenvalue weighted by atomic mass is 17.1. The van der Waals surface area contributed by atoms with Gasteiger partial charge in [-0.25, -0.2) is 4.89 Å². The van der Waals surface area contributed by atoms with E-state index >= 15 is 0 Å². The topological polar surface area (TPSA) is 71.0 Å². The fraction of sp³-hybridized carbons (Fsp3) is 1.00. The average molecular weight is 151 g/mol. The van der Waals surface area contributed by atoms with E-state index < -0.39 is 0 Å². The summed E-state index contributed by atoms with van der Waals surface area (Å²) in [5.74, 6) is 0. The van der Waals surface area contributed by atoms with E-state index in [9.17, 15) is 0 Å². The summed E-state index contributed by atoms with van der Waals surface area (Å²) in [4.78, 5) is 3.75. The number of hydrogen-bond donors (Lipinski definition) is 3. The van der Waals surface area contributed by atoms with Crippen molar-refractivity contribution in [1.29, 1.82) is 0 Å². The Hall–Kier alpha value is -0.200. The van der Waals surface area contributed by atoms with Crippen molar-refractivity contribution >= 4 is 0 Å². The molecule has 0 rings (SSSR count). The Labute approximate surface area is 59.5 Å². The molecular formula is C5H13NO4. The van der Waals surface area contributed by atoms with Crippen LogP contribution in [0, 0.1) is 0 Å². The number of rotatable bonds is 7. The molecule has 0 bridgehead atoms. The largest absolute Gasteiger partial charge is 0.381 e. The zero-order valence-electron chi connectivity index (χ0n) is 5.75. The minimum Gasteiger partial charge on any atom is -0.381 e. The molecular weight excluding hydrogens is 138 g/mol. The van der Waals surface area contributed by atoms with Crippen molar-refractivity contribution in [3.8, 4) is 0 Å². The minimum absolute atomic E-state index is 0.0418. The molecule has 0 aromatic heterocycles. The highest BCUT2D eigenvalue weighted by Gasteiger charge is 1.86. The molecule has 0 aromatic rings. The lowest BCUT2D eigenvalue weighted by Gasteiger charge is -2.01. The van der Waals surface area contributed by atoms with Crippen LogP contribution in [0.5, 0.6) is 0 Å². The van der Waals surface area contributed by atoms with Gasteiger partial charge in [0.15, 0.2) is 0 Å². The molecule has 0 aromatic carbocycles. The van der Waals surface area contributed by atoms with Crippen LogP contribution < -0.4 is 5.32 Å². The Kier molecular flexibility index (Phi) is 8.62. The minimum atomic E-state index is -0.0418. The quantitative estimate of drug-likeness (QED) is 0.189. The normalized spacial score (nSPS) is 10.2. The van der Waals surface area contributed by atoms with Gasteiger partial charge in [0.2, 0.25) is 0 Å². The van der Waals surface area contributed by atoms with Crippen molar-refractivity contribution in [2.75, 3.05) is 33.1 Å². The Balaban J connectivity index is 2.65. The van der Waals surface area contributed by atoms with Crippen LogP contribution in [-0.4, -0.2) is 43.5 Å². The second-order valence-electron chi connectivity index (χ2n) is 1.60. The maximum Gasteiger partial charge on any atom is 0.105 e. The average Bonchev–Trinajstić information content (AvgIpc) is 1.97. The number of aliphatic hydroxyl groups is 1. The summed E-state index contributed by atoms with van der Waals surface area (Å²) >= 11 is 0. The third-order valence-corrected chi connectivity index (χ3v) is 0.854. The Morgan fingerprint density at radius 3 is 2.60 bits per heavy atom. The van der Waals surface area contributed by atoms with Gasteiger partial charge >= 0.3 is 0 Å². The molecule has 3 N–H and O–H groups in total. The third kappa shape index (κ3) is 7.80. The maximum atomic E-state index is 8.24. The number of hydrogen-bond acceptors (Lipinski definition) is 5. The van der Waals surface area contributed by atoms with Crippen LogP contribution in [0.1, 0.15) is 0 Å². The predicted octanol–water partition coefficient (Wildman–Crippen LogP) is -0.968. The van der Waals surface area contributed by atoms with Crippen molar-refractivity contribution in [3.05, 3.63) is 0 Å². The van der Waals surface area contributed by atoms with Crippen molar-refractivity contribution < 1.29 is 20.0 Å². The van der Waals surface area contributed by atoms with E-state index in [1.54, 1.807) is 0 Å². The van der Waals surface area contributed by atoms with Crippen molar-refractivity contribution in [2.24, 2.45) is 0 Å². The highest BCUT2D eigenvalue weighted by Crippen LogP contribution is 1.73. The van der Waals surface area contributed by atoms with Crippen LogP contribution in [0.4, 0.5) is 0 Å². The van der Waals surface area contributed by atoms with Gasteiger partial charge in [-0.15, -0.1) is 0 Å². The first-order valence-corrected chi connectivity index (χ1v) is 3.07. The van der Waals surface area contributed by atoms with Gasteiger partial charge in [-0.05, 0) is 0 Å². The lowest BCUT2D eigenvalue weighted by Crippen LogP contribution is -2.21. The summed E-state index contributed by atoms with van der Waals surface area (Å²) < 4.78 is 4.92. The van der Waals surface area contributed by atoms with Crippen LogP contribution in [0.3, 0.4) is 0 Å². The van der Waals surface area contributed by atoms with E-state index in [2.05, 4.69) is 10.2 Å². The van der Waals surface area contributed by atoms with Crippen molar-refractivity contribution in [2.45, 2.75) is 0 Å². The predicted molar refractivity (Wildman–Crippen MR) is 34.5 cm³/mol. The molecule has 5 nitrogen and oxygen atoms in total. The van der Waals surface area contributed by atoms with Gasteiger partial charge < -0.3 is 9.84 Å². The number of aliphatic hydroxyl groups excluding tert-OH is 1. The van der Waals surface area contributed by atoms with E-state index in [-0.39, 0.29) is 13.3 Å². The van der Waals surface area contributed by atoms with E-state index in [0.29, 0.717) is 19.8 Å². The van der Waals surface area contributed by atoms with Gasteiger partial charge in [0, 0.05) is 6.54 Å². The number of nitrogens with one attached hydrogen (secondary N) is 1. The van der Waals surface area contributed by atoms with Crippen LogP contribution >= 0.6 is 0 Å². The van der Waals surface area contributed by atoms with E-state index in [1.807, 2.05) is 0 Å². The van der Waals surface area contributed by atoms with Crippen molar-refractivity contribution in [3.63, 3.8) is 0 Å². The SMILES string of the molecule is OCNCCOCCOO. The molecule has 0 saturated heterocycles. The monoisotopic (exact) mass is 151 g/mol. The first-order valence-electron chi connectivity index (χ1n) is 3.07. The maximum absolute atomic E-state index is 8.24. The van der Waals surface area contributed by atoms with E-state index in [4.69, 9.17) is 15.1 Å². The van der Waals surface area contributed by atoms with Gasteiger partial charge in [-0.2, -0.15) is 0 Å².